The van der Waals surface area contributed by atoms with E-state index in [4.69, 9.17) is 18.6 Å². The molecular formula is C30H31NO6. The second-order valence-corrected chi connectivity index (χ2v) is 9.69. The van der Waals surface area contributed by atoms with Crippen LogP contribution in [-0.4, -0.2) is 24.8 Å². The van der Waals surface area contributed by atoms with Crippen molar-refractivity contribution in [1.82, 2.24) is 5.32 Å². The molecule has 0 aliphatic rings. The maximum Gasteiger partial charge on any atom is 0.407 e. The zero-order valence-electron chi connectivity index (χ0n) is 21.5. The number of carbonyl (C=O) groups is 2. The number of ether oxygens (including phenoxy) is 3. The Morgan fingerprint density at radius 2 is 1.76 bits per heavy atom. The van der Waals surface area contributed by atoms with Gasteiger partial charge in [0.1, 0.15) is 23.5 Å². The summed E-state index contributed by atoms with van der Waals surface area (Å²) < 4.78 is 22.1. The topological polar surface area (TPSA) is 87.0 Å². The van der Waals surface area contributed by atoms with Gasteiger partial charge in [0.2, 0.25) is 0 Å². The van der Waals surface area contributed by atoms with Crippen molar-refractivity contribution in [3.05, 3.63) is 89.7 Å². The number of hydrogen-bond acceptors (Lipinski definition) is 6. The average molecular weight is 502 g/mol. The molecular weight excluding hydrogens is 470 g/mol. The standard InChI is InChI=1S/C30H31NO6/c1-30(2,3)37-29(33)31-18-20-8-7-10-22(14-20)25-16-21(15-24-12-13-35-28(24)25)19-36-26-11-6-5-9-23(26)17-27(32)34-4/h5-16H,17-19H2,1-4H3,(H,31,33). The summed E-state index contributed by atoms with van der Waals surface area (Å²) in [5.74, 6) is 0.316. The molecule has 7 nitrogen and oxygen atoms in total. The number of alkyl carbamates (subject to hydrolysis) is 1. The molecule has 4 aromatic rings. The Morgan fingerprint density at radius 1 is 0.946 bits per heavy atom. The third-order valence-corrected chi connectivity index (χ3v) is 5.61. The lowest BCUT2D eigenvalue weighted by molar-refractivity contribution is -0.139. The molecule has 0 aliphatic carbocycles. The Labute approximate surface area is 216 Å². The first-order valence-corrected chi connectivity index (χ1v) is 12.1. The number of furan rings is 1. The molecule has 0 radical (unpaired) electrons. The number of amides is 1. The highest BCUT2D eigenvalue weighted by molar-refractivity contribution is 5.93. The lowest BCUT2D eigenvalue weighted by atomic mass is 9.99. The summed E-state index contributed by atoms with van der Waals surface area (Å²) in [6.07, 6.45) is 1.35. The zero-order valence-corrected chi connectivity index (χ0v) is 21.5. The summed E-state index contributed by atoms with van der Waals surface area (Å²) in [5.41, 5.74) is 4.74. The smallest absolute Gasteiger partial charge is 0.407 e. The molecule has 0 bridgehead atoms. The van der Waals surface area contributed by atoms with Crippen molar-refractivity contribution in [2.75, 3.05) is 7.11 Å². The van der Waals surface area contributed by atoms with Gasteiger partial charge in [-0.25, -0.2) is 4.79 Å². The monoisotopic (exact) mass is 501 g/mol. The van der Waals surface area contributed by atoms with Crippen LogP contribution in [0.1, 0.15) is 37.5 Å². The number of benzene rings is 3. The zero-order chi connectivity index (χ0) is 26.4. The van der Waals surface area contributed by atoms with Gasteiger partial charge in [-0.05, 0) is 67.8 Å². The minimum atomic E-state index is -0.556. The molecule has 0 aliphatic heterocycles. The third kappa shape index (κ3) is 6.91. The van der Waals surface area contributed by atoms with Crippen molar-refractivity contribution >= 4 is 23.0 Å². The van der Waals surface area contributed by atoms with Gasteiger partial charge in [-0.1, -0.05) is 36.4 Å². The van der Waals surface area contributed by atoms with Gasteiger partial charge in [-0.3, -0.25) is 4.79 Å². The fraction of sp³-hybridized carbons (Fsp3) is 0.267. The molecule has 0 unspecified atom stereocenters. The number of esters is 1. The van der Waals surface area contributed by atoms with Crippen molar-refractivity contribution < 1.29 is 28.2 Å². The molecule has 1 amide bonds. The van der Waals surface area contributed by atoms with Gasteiger partial charge in [0.25, 0.3) is 0 Å². The lowest BCUT2D eigenvalue weighted by Gasteiger charge is -2.19. The first kappa shape index (κ1) is 25.8. The summed E-state index contributed by atoms with van der Waals surface area (Å²) >= 11 is 0. The van der Waals surface area contributed by atoms with Crippen molar-refractivity contribution in [3.8, 4) is 16.9 Å². The average Bonchev–Trinajstić information content (AvgIpc) is 3.34. The van der Waals surface area contributed by atoms with Crippen molar-refractivity contribution in [2.45, 2.75) is 45.9 Å². The molecule has 37 heavy (non-hydrogen) atoms. The van der Waals surface area contributed by atoms with Crippen LogP contribution in [0.2, 0.25) is 0 Å². The van der Waals surface area contributed by atoms with Crippen molar-refractivity contribution in [2.24, 2.45) is 0 Å². The highest BCUT2D eigenvalue weighted by Crippen LogP contribution is 2.32. The van der Waals surface area contributed by atoms with E-state index in [-0.39, 0.29) is 12.4 Å². The molecule has 1 heterocycles. The molecule has 1 N–H and O–H groups in total. The summed E-state index contributed by atoms with van der Waals surface area (Å²) in [6, 6.07) is 21.3. The van der Waals surface area contributed by atoms with E-state index in [1.807, 2.05) is 87.5 Å². The van der Waals surface area contributed by atoms with Crippen LogP contribution in [-0.2, 0) is 33.8 Å². The largest absolute Gasteiger partial charge is 0.489 e. The van der Waals surface area contributed by atoms with Gasteiger partial charge >= 0.3 is 12.1 Å². The van der Waals surface area contributed by atoms with E-state index in [1.165, 1.54) is 7.11 Å². The molecule has 0 saturated carbocycles. The van der Waals surface area contributed by atoms with Crippen LogP contribution in [0.3, 0.4) is 0 Å². The second-order valence-electron chi connectivity index (χ2n) is 9.69. The Bertz CT molecular complexity index is 1400. The van der Waals surface area contributed by atoms with Crippen LogP contribution < -0.4 is 10.1 Å². The molecule has 3 aromatic carbocycles. The highest BCUT2D eigenvalue weighted by atomic mass is 16.6. The number of rotatable bonds is 8. The number of hydrogen-bond donors (Lipinski definition) is 1. The van der Waals surface area contributed by atoms with E-state index in [9.17, 15) is 9.59 Å². The SMILES string of the molecule is COC(=O)Cc1ccccc1OCc1cc(-c2cccc(CNC(=O)OC(C)(C)C)c2)c2occc2c1. The molecule has 0 spiro atoms. The summed E-state index contributed by atoms with van der Waals surface area (Å²) in [4.78, 5) is 23.9. The minimum absolute atomic E-state index is 0.142. The van der Waals surface area contributed by atoms with Crippen LogP contribution >= 0.6 is 0 Å². The number of fused-ring (bicyclic) bond motifs is 1. The lowest BCUT2D eigenvalue weighted by Crippen LogP contribution is -2.32. The van der Waals surface area contributed by atoms with E-state index in [1.54, 1.807) is 6.26 Å². The van der Waals surface area contributed by atoms with E-state index in [0.29, 0.717) is 18.9 Å². The van der Waals surface area contributed by atoms with E-state index < -0.39 is 11.7 Å². The number of methoxy groups -OCH3 is 1. The van der Waals surface area contributed by atoms with E-state index in [0.717, 1.165) is 38.8 Å². The van der Waals surface area contributed by atoms with Crippen LogP contribution in [0.4, 0.5) is 4.79 Å². The Balaban J connectivity index is 1.55. The van der Waals surface area contributed by atoms with E-state index >= 15 is 0 Å². The van der Waals surface area contributed by atoms with Gasteiger partial charge < -0.3 is 23.9 Å². The summed E-state index contributed by atoms with van der Waals surface area (Å²) in [6.45, 7) is 6.14. The Kier molecular flexibility index (Phi) is 7.82. The molecule has 192 valence electrons. The highest BCUT2D eigenvalue weighted by Gasteiger charge is 2.16. The first-order chi connectivity index (χ1) is 17.7. The van der Waals surface area contributed by atoms with Gasteiger partial charge in [-0.2, -0.15) is 0 Å². The van der Waals surface area contributed by atoms with Crippen LogP contribution in [0.25, 0.3) is 22.1 Å². The molecule has 0 saturated heterocycles. The molecule has 7 heteroatoms. The Hall–Kier alpha value is -4.26. The summed E-state index contributed by atoms with van der Waals surface area (Å²) in [7, 11) is 1.37. The predicted octanol–water partition coefficient (Wildman–Crippen LogP) is 6.42. The maximum absolute atomic E-state index is 12.1. The van der Waals surface area contributed by atoms with Gasteiger partial charge in [-0.15, -0.1) is 0 Å². The molecule has 0 fully saturated rings. The van der Waals surface area contributed by atoms with Crippen LogP contribution in [0, 0.1) is 0 Å². The van der Waals surface area contributed by atoms with Crippen molar-refractivity contribution in [3.63, 3.8) is 0 Å². The maximum atomic E-state index is 12.1. The van der Waals surface area contributed by atoms with E-state index in [2.05, 4.69) is 5.32 Å². The van der Waals surface area contributed by atoms with Gasteiger partial charge in [0, 0.05) is 23.1 Å². The summed E-state index contributed by atoms with van der Waals surface area (Å²) in [5, 5.41) is 3.76. The molecule has 1 aromatic heterocycles. The number of carbonyl (C=O) groups excluding carboxylic acids is 2. The Morgan fingerprint density at radius 3 is 2.54 bits per heavy atom. The number of nitrogens with one attached hydrogen (secondary N) is 1. The minimum Gasteiger partial charge on any atom is -0.489 e. The first-order valence-electron chi connectivity index (χ1n) is 12.1. The predicted molar refractivity (Wildman–Crippen MR) is 141 cm³/mol. The fourth-order valence-corrected chi connectivity index (χ4v) is 3.96. The molecule has 4 rings (SSSR count). The van der Waals surface area contributed by atoms with Crippen molar-refractivity contribution in [1.29, 1.82) is 0 Å². The number of para-hydroxylation sites is 1. The van der Waals surface area contributed by atoms with Gasteiger partial charge in [0.05, 0.1) is 19.8 Å². The second kappa shape index (κ2) is 11.2. The normalized spacial score (nSPS) is 11.2. The third-order valence-electron chi connectivity index (χ3n) is 5.61. The van der Waals surface area contributed by atoms with Crippen LogP contribution in [0.15, 0.2) is 77.4 Å². The van der Waals surface area contributed by atoms with Crippen LogP contribution in [0.5, 0.6) is 5.75 Å². The van der Waals surface area contributed by atoms with Gasteiger partial charge in [0.15, 0.2) is 0 Å². The quantitative estimate of drug-likeness (QED) is 0.280. The molecule has 0 atom stereocenters. The fourth-order valence-electron chi connectivity index (χ4n) is 3.96.